The summed E-state index contributed by atoms with van der Waals surface area (Å²) in [4.78, 5) is 16.1. The van der Waals surface area contributed by atoms with E-state index in [1.807, 2.05) is 34.6 Å². The summed E-state index contributed by atoms with van der Waals surface area (Å²) in [5.41, 5.74) is 1.69. The normalized spacial score (nSPS) is 11.2. The van der Waals surface area contributed by atoms with Crippen LogP contribution in [0.3, 0.4) is 0 Å². The van der Waals surface area contributed by atoms with Gasteiger partial charge in [-0.2, -0.15) is 5.10 Å². The van der Waals surface area contributed by atoms with Crippen LogP contribution < -0.4 is 10.6 Å². The van der Waals surface area contributed by atoms with Gasteiger partial charge in [0, 0.05) is 18.5 Å². The number of amides is 1. The Kier molecular flexibility index (Phi) is 5.85. The van der Waals surface area contributed by atoms with Gasteiger partial charge in [-0.25, -0.2) is 4.98 Å². The highest BCUT2D eigenvalue weighted by molar-refractivity contribution is 5.77. The van der Waals surface area contributed by atoms with Crippen LogP contribution in [-0.4, -0.2) is 33.2 Å². The van der Waals surface area contributed by atoms with Crippen LogP contribution in [0.1, 0.15) is 52.4 Å². The molecule has 0 unspecified atom stereocenters. The van der Waals surface area contributed by atoms with E-state index in [1.165, 1.54) is 0 Å². The Morgan fingerprint density at radius 1 is 1.10 bits per heavy atom. The summed E-state index contributed by atoms with van der Waals surface area (Å²) < 4.78 is 0. The molecule has 6 nitrogen and oxygen atoms in total. The first-order valence-electron chi connectivity index (χ1n) is 7.13. The van der Waals surface area contributed by atoms with Gasteiger partial charge in [-0.3, -0.25) is 4.79 Å². The lowest BCUT2D eigenvalue weighted by atomic mass is 10.1. The van der Waals surface area contributed by atoms with Crippen molar-refractivity contribution in [1.82, 2.24) is 20.5 Å². The van der Waals surface area contributed by atoms with Crippen LogP contribution in [0.25, 0.3) is 0 Å². The fourth-order valence-corrected chi connectivity index (χ4v) is 1.78. The molecule has 0 atom stereocenters. The molecule has 1 aromatic rings. The Labute approximate surface area is 120 Å². The summed E-state index contributed by atoms with van der Waals surface area (Å²) in [7, 11) is 0. The van der Waals surface area contributed by atoms with Crippen LogP contribution in [0.4, 0.5) is 5.95 Å². The quantitative estimate of drug-likeness (QED) is 0.828. The van der Waals surface area contributed by atoms with E-state index >= 15 is 0 Å². The second kappa shape index (κ2) is 7.17. The maximum Gasteiger partial charge on any atom is 0.242 e. The van der Waals surface area contributed by atoms with Gasteiger partial charge in [-0.05, 0) is 33.6 Å². The summed E-state index contributed by atoms with van der Waals surface area (Å²) >= 11 is 0. The third-order valence-electron chi connectivity index (χ3n) is 2.66. The van der Waals surface area contributed by atoms with E-state index in [9.17, 15) is 4.79 Å². The Morgan fingerprint density at radius 2 is 1.75 bits per heavy atom. The number of carbonyl (C=O) groups is 1. The third-order valence-corrected chi connectivity index (χ3v) is 2.66. The van der Waals surface area contributed by atoms with Gasteiger partial charge < -0.3 is 10.6 Å². The van der Waals surface area contributed by atoms with Gasteiger partial charge in [0.2, 0.25) is 11.9 Å². The minimum absolute atomic E-state index is 0.0128. The zero-order valence-electron chi connectivity index (χ0n) is 13.1. The molecule has 0 bridgehead atoms. The van der Waals surface area contributed by atoms with Crippen molar-refractivity contribution in [2.45, 2.75) is 59.4 Å². The third kappa shape index (κ3) is 5.50. The van der Waals surface area contributed by atoms with E-state index in [-0.39, 0.29) is 11.4 Å². The van der Waals surface area contributed by atoms with Crippen molar-refractivity contribution in [1.29, 1.82) is 0 Å². The highest BCUT2D eigenvalue weighted by atomic mass is 16.1. The molecular formula is C14H25N5O. The number of nitrogens with one attached hydrogen (secondary N) is 2. The molecule has 0 spiro atoms. The van der Waals surface area contributed by atoms with Crippen molar-refractivity contribution in [3.05, 3.63) is 11.4 Å². The van der Waals surface area contributed by atoms with Gasteiger partial charge in [0.15, 0.2) is 0 Å². The molecule has 0 aliphatic carbocycles. The summed E-state index contributed by atoms with van der Waals surface area (Å²) in [6.07, 6.45) is 2.05. The average molecular weight is 279 g/mol. The van der Waals surface area contributed by atoms with Crippen molar-refractivity contribution in [2.75, 3.05) is 11.9 Å². The number of carbonyl (C=O) groups excluding carboxylic acids is 1. The Bertz CT molecular complexity index is 453. The molecule has 0 fully saturated rings. The number of hydrogen-bond donors (Lipinski definition) is 2. The molecule has 0 saturated heterocycles. The van der Waals surface area contributed by atoms with Crippen LogP contribution in [0.2, 0.25) is 0 Å². The fraction of sp³-hybridized carbons (Fsp3) is 0.714. The zero-order valence-corrected chi connectivity index (χ0v) is 13.1. The van der Waals surface area contributed by atoms with Crippen molar-refractivity contribution in [2.24, 2.45) is 0 Å². The van der Waals surface area contributed by atoms with Crippen molar-refractivity contribution >= 4 is 11.9 Å². The summed E-state index contributed by atoms with van der Waals surface area (Å²) in [6.45, 7) is 10.5. The van der Waals surface area contributed by atoms with Crippen molar-refractivity contribution in [3.8, 4) is 0 Å². The first-order valence-corrected chi connectivity index (χ1v) is 7.13. The maximum atomic E-state index is 11.7. The largest absolute Gasteiger partial charge is 0.352 e. The molecule has 0 radical (unpaired) electrons. The Morgan fingerprint density at radius 3 is 2.30 bits per heavy atom. The molecule has 0 aromatic carbocycles. The fourth-order valence-electron chi connectivity index (χ4n) is 1.78. The number of aromatic nitrogens is 3. The maximum absolute atomic E-state index is 11.7. The van der Waals surface area contributed by atoms with E-state index in [0.717, 1.165) is 24.2 Å². The molecular weight excluding hydrogens is 254 g/mol. The van der Waals surface area contributed by atoms with E-state index < -0.39 is 0 Å². The molecule has 6 heteroatoms. The molecule has 0 aliphatic heterocycles. The van der Waals surface area contributed by atoms with Gasteiger partial charge in [0.25, 0.3) is 0 Å². The van der Waals surface area contributed by atoms with Crippen molar-refractivity contribution in [3.63, 3.8) is 0 Å². The predicted molar refractivity (Wildman–Crippen MR) is 79.6 cm³/mol. The predicted octanol–water partition coefficient (Wildman–Crippen LogP) is 1.71. The van der Waals surface area contributed by atoms with Crippen LogP contribution in [0, 0.1) is 0 Å². The molecule has 1 amide bonds. The molecule has 20 heavy (non-hydrogen) atoms. The lowest BCUT2D eigenvalue weighted by Crippen LogP contribution is -2.41. The highest BCUT2D eigenvalue weighted by Crippen LogP contribution is 2.06. The minimum Gasteiger partial charge on any atom is -0.352 e. The molecule has 1 rings (SSSR count). The number of nitrogens with zero attached hydrogens (tertiary/aromatic N) is 3. The van der Waals surface area contributed by atoms with Crippen LogP contribution in [0.15, 0.2) is 0 Å². The van der Waals surface area contributed by atoms with Gasteiger partial charge in [-0.1, -0.05) is 13.8 Å². The first-order chi connectivity index (χ1) is 9.35. The van der Waals surface area contributed by atoms with Crippen molar-refractivity contribution < 1.29 is 4.79 Å². The number of anilines is 1. The van der Waals surface area contributed by atoms with Crippen LogP contribution >= 0.6 is 0 Å². The SMILES string of the molecule is CCc1nnc(NCCC(=O)NC(C)(C)C)nc1CC. The number of hydrogen-bond acceptors (Lipinski definition) is 5. The summed E-state index contributed by atoms with van der Waals surface area (Å²) in [5, 5.41) is 14.1. The summed E-state index contributed by atoms with van der Waals surface area (Å²) in [6, 6.07) is 0. The molecule has 1 aromatic heterocycles. The number of rotatable bonds is 6. The lowest BCUT2D eigenvalue weighted by Gasteiger charge is -2.20. The highest BCUT2D eigenvalue weighted by Gasteiger charge is 2.13. The van der Waals surface area contributed by atoms with E-state index in [1.54, 1.807) is 0 Å². The Hall–Kier alpha value is -1.72. The van der Waals surface area contributed by atoms with E-state index in [0.29, 0.717) is 18.9 Å². The molecule has 2 N–H and O–H groups in total. The zero-order chi connectivity index (χ0) is 15.2. The van der Waals surface area contributed by atoms with E-state index in [4.69, 9.17) is 0 Å². The minimum atomic E-state index is -0.201. The second-order valence-corrected chi connectivity index (χ2v) is 5.71. The van der Waals surface area contributed by atoms with Gasteiger partial charge >= 0.3 is 0 Å². The number of aryl methyl sites for hydroxylation is 2. The Balaban J connectivity index is 2.48. The van der Waals surface area contributed by atoms with Gasteiger partial charge in [-0.15, -0.1) is 5.10 Å². The van der Waals surface area contributed by atoms with Crippen LogP contribution in [-0.2, 0) is 17.6 Å². The lowest BCUT2D eigenvalue weighted by molar-refractivity contribution is -0.122. The smallest absolute Gasteiger partial charge is 0.242 e. The van der Waals surface area contributed by atoms with Crippen LogP contribution in [0.5, 0.6) is 0 Å². The topological polar surface area (TPSA) is 79.8 Å². The summed E-state index contributed by atoms with van der Waals surface area (Å²) in [5.74, 6) is 0.501. The monoisotopic (exact) mass is 279 g/mol. The molecule has 0 saturated carbocycles. The first kappa shape index (κ1) is 16.3. The molecule has 112 valence electrons. The van der Waals surface area contributed by atoms with Gasteiger partial charge in [0.1, 0.15) is 0 Å². The molecule has 1 heterocycles. The van der Waals surface area contributed by atoms with E-state index in [2.05, 4.69) is 25.8 Å². The second-order valence-electron chi connectivity index (χ2n) is 5.71. The average Bonchev–Trinajstić information content (AvgIpc) is 2.36. The molecule has 0 aliphatic rings. The standard InChI is InChI=1S/C14H25N5O/c1-6-10-11(7-2)18-19-13(16-10)15-9-8-12(20)17-14(3,4)5/h6-9H2,1-5H3,(H,17,20)(H,15,16,19). The van der Waals surface area contributed by atoms with Gasteiger partial charge in [0.05, 0.1) is 11.4 Å².